The smallest absolute Gasteiger partial charge is 0.183 e. The van der Waals surface area contributed by atoms with Crippen LogP contribution in [0.15, 0.2) is 69.2 Å². The van der Waals surface area contributed by atoms with E-state index in [4.69, 9.17) is 34.7 Å². The second kappa shape index (κ2) is 9.48. The average molecular weight is 481 g/mol. The van der Waals surface area contributed by atoms with Gasteiger partial charge < -0.3 is 11.5 Å². The van der Waals surface area contributed by atoms with Crippen LogP contribution in [0.1, 0.15) is 25.0 Å². The Balaban J connectivity index is 1.90. The van der Waals surface area contributed by atoms with Crippen LogP contribution < -0.4 is 16.9 Å². The summed E-state index contributed by atoms with van der Waals surface area (Å²) in [5, 5.41) is 13.2. The lowest BCUT2D eigenvalue weighted by molar-refractivity contribution is 0.668. The monoisotopic (exact) mass is 480 g/mol. The largest absolute Gasteiger partial charge is 0.388 e. The summed E-state index contributed by atoms with van der Waals surface area (Å²) in [4.78, 5) is 8.91. The Morgan fingerprint density at radius 3 is 2.12 bits per heavy atom. The van der Waals surface area contributed by atoms with Gasteiger partial charge in [0, 0.05) is 32.3 Å². The minimum absolute atomic E-state index is 0.382. The SMILES string of the molecule is CC(N)=Nc1n[nH]c(-c2ccc(Cl)cc2)c1/C=C1/C(c2ccc(Cl)cc2)=NNC1/N=C(/C)N. The van der Waals surface area contributed by atoms with Gasteiger partial charge in [-0.05, 0) is 44.2 Å². The first kappa shape index (κ1) is 22.6. The molecule has 8 nitrogen and oxygen atoms in total. The number of nitrogens with zero attached hydrogens (tertiary/aromatic N) is 4. The predicted octanol–water partition coefficient (Wildman–Crippen LogP) is 4.49. The number of nitrogens with two attached hydrogens (primary N) is 2. The number of hydrazone groups is 1. The standard InChI is InChI=1S/C23H22Cl2N8/c1-12(26)28-22-18(20(30-32-22)14-3-7-16(24)8-4-14)11-19-21(15-5-9-17(25)10-6-15)31-33-23(19)29-13(2)27/h3-11,22,32H,1-2H3,(H2,26,28)(H3,27,29,31,33)/b18-11-. The Hall–Kier alpha value is -3.62. The molecule has 6 N–H and O–H groups in total. The third-order valence-electron chi connectivity index (χ3n) is 4.82. The average Bonchev–Trinajstić information content (AvgIpc) is 3.33. The highest BCUT2D eigenvalue weighted by molar-refractivity contribution is 6.31. The van der Waals surface area contributed by atoms with Crippen molar-refractivity contribution in [3.05, 3.63) is 75.3 Å². The maximum atomic E-state index is 6.08. The number of aromatic nitrogens is 2. The highest BCUT2D eigenvalue weighted by Crippen LogP contribution is 2.33. The first-order valence-corrected chi connectivity index (χ1v) is 10.8. The van der Waals surface area contributed by atoms with Gasteiger partial charge in [0.05, 0.1) is 23.1 Å². The van der Waals surface area contributed by atoms with E-state index >= 15 is 0 Å². The molecular weight excluding hydrogens is 459 g/mol. The molecule has 0 radical (unpaired) electrons. The Bertz CT molecular complexity index is 1280. The van der Waals surface area contributed by atoms with E-state index in [2.05, 4.69) is 30.7 Å². The van der Waals surface area contributed by atoms with E-state index in [1.165, 1.54) is 0 Å². The van der Waals surface area contributed by atoms with Crippen LogP contribution in [0.2, 0.25) is 10.0 Å². The first-order chi connectivity index (χ1) is 15.8. The van der Waals surface area contributed by atoms with Gasteiger partial charge in [0.25, 0.3) is 0 Å². The number of H-pyrrole nitrogens is 1. The van der Waals surface area contributed by atoms with Gasteiger partial charge in [-0.1, -0.05) is 47.5 Å². The maximum Gasteiger partial charge on any atom is 0.183 e. The number of halogens is 2. The molecule has 0 saturated heterocycles. The second-order valence-corrected chi connectivity index (χ2v) is 8.34. The molecule has 168 valence electrons. The van der Waals surface area contributed by atoms with Crippen molar-refractivity contribution < 1.29 is 0 Å². The van der Waals surface area contributed by atoms with E-state index in [1.807, 2.05) is 54.6 Å². The molecule has 0 aliphatic carbocycles. The van der Waals surface area contributed by atoms with Crippen LogP contribution in [0, 0.1) is 0 Å². The van der Waals surface area contributed by atoms with Crippen LogP contribution in [0.25, 0.3) is 17.3 Å². The third-order valence-corrected chi connectivity index (χ3v) is 5.32. The molecule has 0 amide bonds. The van der Waals surface area contributed by atoms with E-state index in [0.29, 0.717) is 33.2 Å². The minimum atomic E-state index is -0.482. The molecule has 0 fully saturated rings. The number of aromatic amines is 1. The fourth-order valence-corrected chi connectivity index (χ4v) is 3.65. The van der Waals surface area contributed by atoms with Crippen molar-refractivity contribution in [2.75, 3.05) is 0 Å². The predicted molar refractivity (Wildman–Crippen MR) is 136 cm³/mol. The van der Waals surface area contributed by atoms with E-state index in [1.54, 1.807) is 13.8 Å². The van der Waals surface area contributed by atoms with Crippen LogP contribution in [-0.2, 0) is 0 Å². The maximum absolute atomic E-state index is 6.08. The molecule has 1 aliphatic rings. The Kier molecular flexibility index (Phi) is 6.48. The summed E-state index contributed by atoms with van der Waals surface area (Å²) >= 11 is 12.2. The van der Waals surface area contributed by atoms with E-state index in [-0.39, 0.29) is 0 Å². The van der Waals surface area contributed by atoms with Crippen LogP contribution in [0.3, 0.4) is 0 Å². The van der Waals surface area contributed by atoms with Crippen LogP contribution in [-0.4, -0.2) is 33.7 Å². The molecule has 10 heteroatoms. The number of benzene rings is 2. The van der Waals surface area contributed by atoms with Crippen molar-refractivity contribution in [1.82, 2.24) is 15.6 Å². The van der Waals surface area contributed by atoms with Gasteiger partial charge in [-0.2, -0.15) is 10.2 Å². The normalized spacial score (nSPS) is 17.9. The van der Waals surface area contributed by atoms with Gasteiger partial charge in [-0.15, -0.1) is 0 Å². The summed E-state index contributed by atoms with van der Waals surface area (Å²) in [6.45, 7) is 3.43. The molecule has 2 aromatic carbocycles. The van der Waals surface area contributed by atoms with Crippen molar-refractivity contribution >= 4 is 52.5 Å². The molecule has 0 saturated carbocycles. The molecule has 0 spiro atoms. The first-order valence-electron chi connectivity index (χ1n) is 10.1. The zero-order valence-electron chi connectivity index (χ0n) is 18.0. The molecule has 1 aliphatic heterocycles. The summed E-state index contributed by atoms with van der Waals surface area (Å²) < 4.78 is 0. The van der Waals surface area contributed by atoms with Crippen LogP contribution in [0.5, 0.6) is 0 Å². The fourth-order valence-electron chi connectivity index (χ4n) is 3.40. The van der Waals surface area contributed by atoms with Crippen molar-refractivity contribution in [3.8, 4) is 11.3 Å². The summed E-state index contributed by atoms with van der Waals surface area (Å²) in [5.41, 5.74) is 19.6. The number of hydrogen-bond donors (Lipinski definition) is 4. The zero-order valence-corrected chi connectivity index (χ0v) is 19.5. The van der Waals surface area contributed by atoms with Gasteiger partial charge >= 0.3 is 0 Å². The second-order valence-electron chi connectivity index (χ2n) is 7.47. The Labute approximate surface area is 201 Å². The lowest BCUT2D eigenvalue weighted by Crippen LogP contribution is -2.23. The Morgan fingerprint density at radius 2 is 1.55 bits per heavy atom. The van der Waals surface area contributed by atoms with E-state index in [0.717, 1.165) is 28.0 Å². The molecular formula is C23H22Cl2N8. The minimum Gasteiger partial charge on any atom is -0.388 e. The van der Waals surface area contributed by atoms with Crippen molar-refractivity contribution in [2.45, 2.75) is 20.0 Å². The highest BCUT2D eigenvalue weighted by atomic mass is 35.5. The van der Waals surface area contributed by atoms with Crippen molar-refractivity contribution in [2.24, 2.45) is 26.6 Å². The van der Waals surface area contributed by atoms with Crippen molar-refractivity contribution in [1.29, 1.82) is 0 Å². The summed E-state index contributed by atoms with van der Waals surface area (Å²) in [6.07, 6.45) is 1.46. The number of nitrogens with one attached hydrogen (secondary N) is 2. The molecule has 33 heavy (non-hydrogen) atoms. The lowest BCUT2D eigenvalue weighted by Gasteiger charge is -2.11. The van der Waals surface area contributed by atoms with Crippen LogP contribution >= 0.6 is 23.2 Å². The number of hydrogen-bond acceptors (Lipinski definition) is 5. The van der Waals surface area contributed by atoms with Gasteiger partial charge in [-0.3, -0.25) is 10.5 Å². The van der Waals surface area contributed by atoms with Crippen molar-refractivity contribution in [3.63, 3.8) is 0 Å². The van der Waals surface area contributed by atoms with Gasteiger partial charge in [0.15, 0.2) is 12.0 Å². The van der Waals surface area contributed by atoms with E-state index in [9.17, 15) is 0 Å². The van der Waals surface area contributed by atoms with Gasteiger partial charge in [0.1, 0.15) is 0 Å². The summed E-state index contributed by atoms with van der Waals surface area (Å²) in [7, 11) is 0. The molecule has 2 heterocycles. The molecule has 1 unspecified atom stereocenters. The highest BCUT2D eigenvalue weighted by Gasteiger charge is 2.27. The number of amidine groups is 2. The molecule has 1 aromatic heterocycles. The quantitative estimate of drug-likeness (QED) is 0.316. The van der Waals surface area contributed by atoms with Crippen LogP contribution in [0.4, 0.5) is 5.82 Å². The summed E-state index contributed by atoms with van der Waals surface area (Å²) in [5.74, 6) is 1.25. The molecule has 0 bridgehead atoms. The van der Waals surface area contributed by atoms with E-state index < -0.39 is 6.17 Å². The fraction of sp³-hybridized carbons (Fsp3) is 0.130. The van der Waals surface area contributed by atoms with Gasteiger partial charge in [-0.25, -0.2) is 9.98 Å². The molecule has 1 atom stereocenters. The van der Waals surface area contributed by atoms with Gasteiger partial charge in [0.2, 0.25) is 0 Å². The molecule has 3 aromatic rings. The topological polar surface area (TPSA) is 130 Å². The number of aliphatic imine (C=N–C) groups is 2. The third kappa shape index (κ3) is 5.08. The molecule has 4 rings (SSSR count). The zero-order chi connectivity index (χ0) is 23.5. The number of rotatable bonds is 5. The summed E-state index contributed by atoms with van der Waals surface area (Å²) in [6, 6.07) is 14.9. The lowest BCUT2D eigenvalue weighted by atomic mass is 9.97. The Morgan fingerprint density at radius 1 is 0.939 bits per heavy atom.